The zero-order valence-corrected chi connectivity index (χ0v) is 12.7. The summed E-state index contributed by atoms with van der Waals surface area (Å²) in [6, 6.07) is 2.00. The molecule has 0 radical (unpaired) electrons. The summed E-state index contributed by atoms with van der Waals surface area (Å²) in [5.74, 6) is -0.162. The van der Waals surface area contributed by atoms with E-state index in [0.717, 1.165) is 37.9 Å². The van der Waals surface area contributed by atoms with Crippen molar-refractivity contribution in [2.45, 2.75) is 32.2 Å². The number of carbonyl (C=O) groups is 1. The van der Waals surface area contributed by atoms with E-state index in [1.807, 2.05) is 0 Å². The largest absolute Gasteiger partial charge is 0.322 e. The molecule has 1 heterocycles. The highest BCUT2D eigenvalue weighted by Gasteiger charge is 2.26. The molecule has 0 saturated carbocycles. The van der Waals surface area contributed by atoms with Crippen molar-refractivity contribution in [2.24, 2.45) is 5.92 Å². The minimum Gasteiger partial charge on any atom is -0.322 e. The van der Waals surface area contributed by atoms with E-state index in [1.165, 1.54) is 0 Å². The topological polar surface area (TPSA) is 41.1 Å². The van der Waals surface area contributed by atoms with Crippen LogP contribution >= 0.6 is 23.2 Å². The van der Waals surface area contributed by atoms with Gasteiger partial charge in [-0.05, 0) is 37.4 Å². The van der Waals surface area contributed by atoms with Gasteiger partial charge in [0.05, 0.1) is 21.8 Å². The number of hydrogen-bond acceptors (Lipinski definition) is 2. The van der Waals surface area contributed by atoms with Crippen LogP contribution in [0, 0.1) is 11.7 Å². The van der Waals surface area contributed by atoms with Crippen LogP contribution < -0.4 is 10.6 Å². The number of piperidine rings is 1. The highest BCUT2D eigenvalue weighted by atomic mass is 35.5. The lowest BCUT2D eigenvalue weighted by atomic mass is 9.90. The minimum atomic E-state index is -0.528. The van der Waals surface area contributed by atoms with Crippen molar-refractivity contribution in [3.05, 3.63) is 28.0 Å². The fourth-order valence-electron chi connectivity index (χ4n) is 2.44. The Balaban J connectivity index is 2.08. The van der Waals surface area contributed by atoms with Crippen molar-refractivity contribution in [3.8, 4) is 0 Å². The molecule has 1 aliphatic rings. The molecule has 1 aromatic rings. The van der Waals surface area contributed by atoms with Gasteiger partial charge in [0.15, 0.2) is 0 Å². The van der Waals surface area contributed by atoms with E-state index in [9.17, 15) is 9.18 Å². The third kappa shape index (κ3) is 3.62. The first kappa shape index (κ1) is 15.5. The molecule has 110 valence electrons. The molecule has 0 aliphatic carbocycles. The molecule has 2 N–H and O–H groups in total. The minimum absolute atomic E-state index is 0.103. The number of nitrogens with one attached hydrogen (secondary N) is 2. The van der Waals surface area contributed by atoms with Gasteiger partial charge in [-0.3, -0.25) is 4.79 Å². The summed E-state index contributed by atoms with van der Waals surface area (Å²) in [6.45, 7) is 2.94. The van der Waals surface area contributed by atoms with E-state index >= 15 is 0 Å². The molecular weight excluding hydrogens is 302 g/mol. The lowest BCUT2D eigenvalue weighted by Crippen LogP contribution is -2.46. The molecule has 0 bridgehead atoms. The summed E-state index contributed by atoms with van der Waals surface area (Å²) in [5.41, 5.74) is 0.264. The molecule has 3 nitrogen and oxygen atoms in total. The van der Waals surface area contributed by atoms with Crippen LogP contribution in [0.2, 0.25) is 10.0 Å². The lowest BCUT2D eigenvalue weighted by Gasteiger charge is -2.29. The molecule has 1 amide bonds. The van der Waals surface area contributed by atoms with E-state index in [1.54, 1.807) is 0 Å². The normalized spacial score (nSPS) is 22.6. The van der Waals surface area contributed by atoms with E-state index in [4.69, 9.17) is 23.2 Å². The van der Waals surface area contributed by atoms with Crippen molar-refractivity contribution >= 4 is 34.8 Å². The van der Waals surface area contributed by atoms with E-state index < -0.39 is 5.82 Å². The van der Waals surface area contributed by atoms with Crippen molar-refractivity contribution in [1.82, 2.24) is 5.32 Å². The van der Waals surface area contributed by atoms with Gasteiger partial charge in [0.1, 0.15) is 5.82 Å². The van der Waals surface area contributed by atoms with Gasteiger partial charge < -0.3 is 10.6 Å². The first-order valence-corrected chi connectivity index (χ1v) is 7.45. The maximum Gasteiger partial charge on any atom is 0.241 e. The van der Waals surface area contributed by atoms with E-state index in [0.29, 0.717) is 5.92 Å². The van der Waals surface area contributed by atoms with Gasteiger partial charge in [0, 0.05) is 0 Å². The zero-order chi connectivity index (χ0) is 14.7. The van der Waals surface area contributed by atoms with Crippen molar-refractivity contribution < 1.29 is 9.18 Å². The van der Waals surface area contributed by atoms with Crippen molar-refractivity contribution in [3.63, 3.8) is 0 Å². The van der Waals surface area contributed by atoms with Crippen LogP contribution in [0.5, 0.6) is 0 Å². The zero-order valence-electron chi connectivity index (χ0n) is 11.2. The van der Waals surface area contributed by atoms with Crippen LogP contribution in [-0.4, -0.2) is 18.5 Å². The van der Waals surface area contributed by atoms with Crippen LogP contribution in [0.15, 0.2) is 12.1 Å². The van der Waals surface area contributed by atoms with Gasteiger partial charge in [-0.1, -0.05) is 36.5 Å². The summed E-state index contributed by atoms with van der Waals surface area (Å²) in [6.07, 6.45) is 2.93. The molecule has 6 heteroatoms. The molecule has 1 aliphatic heterocycles. The van der Waals surface area contributed by atoms with Crippen LogP contribution in [0.4, 0.5) is 10.1 Å². The number of carbonyl (C=O) groups excluding carboxylic acids is 1. The third-order valence-corrected chi connectivity index (χ3v) is 4.26. The van der Waals surface area contributed by atoms with E-state index in [-0.39, 0.29) is 27.7 Å². The lowest BCUT2D eigenvalue weighted by molar-refractivity contribution is -0.119. The number of benzene rings is 1. The smallest absolute Gasteiger partial charge is 0.241 e. The van der Waals surface area contributed by atoms with Gasteiger partial charge in [-0.2, -0.15) is 0 Å². The highest BCUT2D eigenvalue weighted by molar-refractivity contribution is 6.39. The number of rotatable bonds is 3. The van der Waals surface area contributed by atoms with Crippen molar-refractivity contribution in [2.75, 3.05) is 11.9 Å². The Hall–Kier alpha value is -0.840. The highest BCUT2D eigenvalue weighted by Crippen LogP contribution is 2.32. The second-order valence-electron chi connectivity index (χ2n) is 5.04. The van der Waals surface area contributed by atoms with Crippen LogP contribution in [0.1, 0.15) is 26.2 Å². The van der Waals surface area contributed by atoms with Crippen molar-refractivity contribution in [1.29, 1.82) is 0 Å². The SMILES string of the molecule is CCC1CCNC(C(=O)Nc2c(Cl)cc(F)cc2Cl)C1. The number of hydrogen-bond donors (Lipinski definition) is 2. The number of halogens is 3. The molecule has 1 aromatic carbocycles. The van der Waals surface area contributed by atoms with E-state index in [2.05, 4.69) is 17.6 Å². The summed E-state index contributed by atoms with van der Waals surface area (Å²) in [5, 5.41) is 6.08. The standard InChI is InChI=1S/C14H17Cl2FN2O/c1-2-8-3-4-18-12(5-8)14(20)19-13-10(15)6-9(17)7-11(13)16/h6-8,12,18H,2-5H2,1H3,(H,19,20). The van der Waals surface area contributed by atoms with Gasteiger partial charge in [-0.15, -0.1) is 0 Å². The van der Waals surface area contributed by atoms with Gasteiger partial charge >= 0.3 is 0 Å². The Bertz CT molecular complexity index is 487. The summed E-state index contributed by atoms with van der Waals surface area (Å²) >= 11 is 11.8. The molecule has 2 rings (SSSR count). The second kappa shape index (κ2) is 6.74. The fourth-order valence-corrected chi connectivity index (χ4v) is 2.99. The third-order valence-electron chi connectivity index (χ3n) is 3.66. The Morgan fingerprint density at radius 2 is 2.10 bits per heavy atom. The fraction of sp³-hybridized carbons (Fsp3) is 0.500. The van der Waals surface area contributed by atoms with Crippen LogP contribution in [0.25, 0.3) is 0 Å². The maximum absolute atomic E-state index is 13.1. The summed E-state index contributed by atoms with van der Waals surface area (Å²) in [7, 11) is 0. The molecule has 1 saturated heterocycles. The quantitative estimate of drug-likeness (QED) is 0.888. The summed E-state index contributed by atoms with van der Waals surface area (Å²) in [4.78, 5) is 12.2. The molecular formula is C14H17Cl2FN2O. The van der Waals surface area contributed by atoms with Gasteiger partial charge in [0.25, 0.3) is 0 Å². The molecule has 1 fully saturated rings. The van der Waals surface area contributed by atoms with Crippen LogP contribution in [0.3, 0.4) is 0 Å². The Labute approximate surface area is 127 Å². The first-order chi connectivity index (χ1) is 9.51. The average Bonchev–Trinajstić information content (AvgIpc) is 2.42. The molecule has 0 aromatic heterocycles. The average molecular weight is 319 g/mol. The van der Waals surface area contributed by atoms with Gasteiger partial charge in [0.2, 0.25) is 5.91 Å². The molecule has 2 atom stereocenters. The van der Waals surface area contributed by atoms with Crippen LogP contribution in [-0.2, 0) is 4.79 Å². The monoisotopic (exact) mass is 318 g/mol. The number of amides is 1. The number of anilines is 1. The Kier molecular flexibility index (Phi) is 5.24. The first-order valence-electron chi connectivity index (χ1n) is 6.70. The van der Waals surface area contributed by atoms with Gasteiger partial charge in [-0.25, -0.2) is 4.39 Å². The molecule has 2 unspecified atom stereocenters. The Morgan fingerprint density at radius 3 is 2.70 bits per heavy atom. The molecule has 0 spiro atoms. The maximum atomic E-state index is 13.1. The predicted molar refractivity (Wildman–Crippen MR) is 79.9 cm³/mol. The summed E-state index contributed by atoms with van der Waals surface area (Å²) < 4.78 is 13.1. The predicted octanol–water partition coefficient (Wildman–Crippen LogP) is 3.85. The Morgan fingerprint density at radius 1 is 1.45 bits per heavy atom. The molecule has 20 heavy (non-hydrogen) atoms. The second-order valence-corrected chi connectivity index (χ2v) is 5.85.